The minimum absolute atomic E-state index is 0.189. The Kier molecular flexibility index (Phi) is 2.41. The van der Waals surface area contributed by atoms with E-state index in [1.165, 1.54) is 6.07 Å². The van der Waals surface area contributed by atoms with Gasteiger partial charge in [0.05, 0.1) is 15.2 Å². The molecule has 84 valence electrons. The van der Waals surface area contributed by atoms with E-state index in [1.54, 1.807) is 23.5 Å². The van der Waals surface area contributed by atoms with Crippen LogP contribution in [0.2, 0.25) is 0 Å². The van der Waals surface area contributed by atoms with Gasteiger partial charge in [0, 0.05) is 12.0 Å². The molecule has 2 nitrogen and oxygen atoms in total. The van der Waals surface area contributed by atoms with Crippen LogP contribution in [-0.2, 0) is 0 Å². The van der Waals surface area contributed by atoms with Gasteiger partial charge < -0.3 is 5.73 Å². The number of fused-ring (bicyclic) bond motifs is 1. The Morgan fingerprint density at radius 1 is 1.38 bits per heavy atom. The minimum atomic E-state index is -0.189. The van der Waals surface area contributed by atoms with Crippen molar-refractivity contribution in [3.63, 3.8) is 0 Å². The monoisotopic (exact) mass is 236 g/mol. The third kappa shape index (κ3) is 1.72. The lowest BCUT2D eigenvalue weighted by atomic mass is 10.1. The zero-order valence-corrected chi connectivity index (χ0v) is 9.64. The number of thiazole rings is 1. The first-order valence-electron chi connectivity index (χ1n) is 5.54. The molecule has 1 aromatic carbocycles. The standard InChI is InChI=1S/C12H13FN2S/c13-8-2-4-10-11(6-8)16-12(15-10)7-1-3-9(14)5-7/h2,4,6-7,9H,1,3,5,14H2/t7-,9+/m1/s1. The van der Waals surface area contributed by atoms with Crippen LogP contribution >= 0.6 is 11.3 Å². The summed E-state index contributed by atoms with van der Waals surface area (Å²) in [4.78, 5) is 4.57. The van der Waals surface area contributed by atoms with Crippen molar-refractivity contribution in [2.75, 3.05) is 0 Å². The molecule has 0 saturated heterocycles. The lowest BCUT2D eigenvalue weighted by molar-refractivity contribution is 0.630. The van der Waals surface area contributed by atoms with Gasteiger partial charge >= 0.3 is 0 Å². The first-order valence-corrected chi connectivity index (χ1v) is 6.35. The van der Waals surface area contributed by atoms with Crippen LogP contribution in [0.1, 0.15) is 30.2 Å². The number of halogens is 1. The molecule has 0 unspecified atom stereocenters. The van der Waals surface area contributed by atoms with Gasteiger partial charge in [-0.3, -0.25) is 0 Å². The zero-order valence-electron chi connectivity index (χ0n) is 8.82. The summed E-state index contributed by atoms with van der Waals surface area (Å²) in [6.45, 7) is 0. The summed E-state index contributed by atoms with van der Waals surface area (Å²) in [5.74, 6) is 0.293. The molecule has 0 spiro atoms. The smallest absolute Gasteiger partial charge is 0.124 e. The summed E-state index contributed by atoms with van der Waals surface area (Å²) in [5.41, 5.74) is 6.80. The molecule has 0 aliphatic heterocycles. The maximum atomic E-state index is 13.0. The third-order valence-corrected chi connectivity index (χ3v) is 4.37. The summed E-state index contributed by atoms with van der Waals surface area (Å²) in [5, 5.41) is 1.12. The fourth-order valence-electron chi connectivity index (χ4n) is 2.33. The number of hydrogen-bond acceptors (Lipinski definition) is 3. The highest BCUT2D eigenvalue weighted by Crippen LogP contribution is 2.37. The van der Waals surface area contributed by atoms with Crippen molar-refractivity contribution < 1.29 is 4.39 Å². The van der Waals surface area contributed by atoms with Crippen LogP contribution in [0.5, 0.6) is 0 Å². The second kappa shape index (κ2) is 3.79. The minimum Gasteiger partial charge on any atom is -0.328 e. The highest BCUT2D eigenvalue weighted by atomic mass is 32.1. The maximum Gasteiger partial charge on any atom is 0.124 e. The molecule has 1 aromatic heterocycles. The lowest BCUT2D eigenvalue weighted by Crippen LogP contribution is -2.14. The van der Waals surface area contributed by atoms with E-state index in [1.807, 2.05) is 0 Å². The Morgan fingerprint density at radius 2 is 2.25 bits per heavy atom. The fourth-order valence-corrected chi connectivity index (χ4v) is 3.47. The van der Waals surface area contributed by atoms with Crippen molar-refractivity contribution in [2.24, 2.45) is 5.73 Å². The predicted molar refractivity (Wildman–Crippen MR) is 64.1 cm³/mol. The van der Waals surface area contributed by atoms with Gasteiger partial charge in [0.1, 0.15) is 5.82 Å². The molecule has 0 bridgehead atoms. The first kappa shape index (κ1) is 10.2. The van der Waals surface area contributed by atoms with E-state index in [0.717, 1.165) is 34.5 Å². The Labute approximate surface area is 97.3 Å². The molecule has 0 amide bonds. The molecule has 4 heteroatoms. The number of nitrogens with two attached hydrogens (primary N) is 1. The van der Waals surface area contributed by atoms with Crippen LogP contribution < -0.4 is 5.73 Å². The molecule has 0 radical (unpaired) electrons. The quantitative estimate of drug-likeness (QED) is 0.826. The highest BCUT2D eigenvalue weighted by Gasteiger charge is 2.25. The van der Waals surface area contributed by atoms with E-state index in [4.69, 9.17) is 5.73 Å². The Morgan fingerprint density at radius 3 is 3.00 bits per heavy atom. The van der Waals surface area contributed by atoms with Crippen molar-refractivity contribution in [1.82, 2.24) is 4.98 Å². The number of aromatic nitrogens is 1. The molecular formula is C12H13FN2S. The molecule has 1 heterocycles. The summed E-state index contributed by atoms with van der Waals surface area (Å²) in [6.07, 6.45) is 3.21. The van der Waals surface area contributed by atoms with Crippen molar-refractivity contribution in [3.05, 3.63) is 29.0 Å². The molecule has 1 aliphatic rings. The molecule has 3 rings (SSSR count). The van der Waals surface area contributed by atoms with Crippen LogP contribution in [0.25, 0.3) is 10.2 Å². The van der Waals surface area contributed by atoms with Crippen molar-refractivity contribution in [2.45, 2.75) is 31.2 Å². The second-order valence-electron chi connectivity index (χ2n) is 4.43. The van der Waals surface area contributed by atoms with Gasteiger partial charge in [-0.15, -0.1) is 11.3 Å². The van der Waals surface area contributed by atoms with E-state index in [0.29, 0.717) is 12.0 Å². The van der Waals surface area contributed by atoms with Crippen molar-refractivity contribution in [1.29, 1.82) is 0 Å². The van der Waals surface area contributed by atoms with E-state index in [2.05, 4.69) is 4.98 Å². The van der Waals surface area contributed by atoms with Gasteiger partial charge in [-0.2, -0.15) is 0 Å². The van der Waals surface area contributed by atoms with Crippen LogP contribution in [0, 0.1) is 5.82 Å². The molecule has 2 atom stereocenters. The van der Waals surface area contributed by atoms with E-state index in [9.17, 15) is 4.39 Å². The number of hydrogen-bond donors (Lipinski definition) is 1. The number of rotatable bonds is 1. The number of benzene rings is 1. The zero-order chi connectivity index (χ0) is 11.1. The highest BCUT2D eigenvalue weighted by molar-refractivity contribution is 7.18. The third-order valence-electron chi connectivity index (χ3n) is 3.19. The Balaban J connectivity index is 1.99. The van der Waals surface area contributed by atoms with E-state index >= 15 is 0 Å². The van der Waals surface area contributed by atoms with Crippen LogP contribution in [-0.4, -0.2) is 11.0 Å². The van der Waals surface area contributed by atoms with Gasteiger partial charge in [-0.25, -0.2) is 9.37 Å². The SMILES string of the molecule is N[C@H]1CC[C@@H](c2nc3ccc(F)cc3s2)C1. The van der Waals surface area contributed by atoms with Gasteiger partial charge in [0.25, 0.3) is 0 Å². The van der Waals surface area contributed by atoms with E-state index in [-0.39, 0.29) is 5.82 Å². The second-order valence-corrected chi connectivity index (χ2v) is 5.50. The summed E-state index contributed by atoms with van der Waals surface area (Å²) in [7, 11) is 0. The van der Waals surface area contributed by atoms with Gasteiger partial charge in [-0.05, 0) is 37.5 Å². The summed E-state index contributed by atoms with van der Waals surface area (Å²) in [6, 6.07) is 5.09. The van der Waals surface area contributed by atoms with Gasteiger partial charge in [0.2, 0.25) is 0 Å². The predicted octanol–water partition coefficient (Wildman–Crippen LogP) is 3.03. The van der Waals surface area contributed by atoms with E-state index < -0.39 is 0 Å². The van der Waals surface area contributed by atoms with Crippen LogP contribution in [0.3, 0.4) is 0 Å². The summed E-state index contributed by atoms with van der Waals surface area (Å²) >= 11 is 1.60. The van der Waals surface area contributed by atoms with Crippen molar-refractivity contribution in [3.8, 4) is 0 Å². The molecule has 16 heavy (non-hydrogen) atoms. The Hall–Kier alpha value is -1.000. The normalized spacial score (nSPS) is 25.4. The maximum absolute atomic E-state index is 13.0. The fraction of sp³-hybridized carbons (Fsp3) is 0.417. The average molecular weight is 236 g/mol. The largest absolute Gasteiger partial charge is 0.328 e. The summed E-state index contributed by atoms with van der Waals surface area (Å²) < 4.78 is 14.0. The molecular weight excluding hydrogens is 223 g/mol. The first-order chi connectivity index (χ1) is 7.72. The lowest BCUT2D eigenvalue weighted by Gasteiger charge is -2.03. The Bertz CT molecular complexity index is 523. The van der Waals surface area contributed by atoms with Crippen LogP contribution in [0.4, 0.5) is 4.39 Å². The molecule has 2 N–H and O–H groups in total. The number of nitrogens with zero attached hydrogens (tertiary/aromatic N) is 1. The molecule has 1 saturated carbocycles. The van der Waals surface area contributed by atoms with Crippen LogP contribution in [0.15, 0.2) is 18.2 Å². The average Bonchev–Trinajstić information content (AvgIpc) is 2.83. The van der Waals surface area contributed by atoms with Gasteiger partial charge in [0.15, 0.2) is 0 Å². The van der Waals surface area contributed by atoms with Crippen molar-refractivity contribution >= 4 is 21.6 Å². The molecule has 1 fully saturated rings. The molecule has 1 aliphatic carbocycles. The topological polar surface area (TPSA) is 38.9 Å². The van der Waals surface area contributed by atoms with Gasteiger partial charge in [-0.1, -0.05) is 0 Å². The molecule has 2 aromatic rings.